The van der Waals surface area contributed by atoms with Crippen molar-refractivity contribution in [1.82, 2.24) is 30.2 Å². The lowest BCUT2D eigenvalue weighted by Crippen LogP contribution is -2.27. The van der Waals surface area contributed by atoms with Crippen molar-refractivity contribution in [1.29, 1.82) is 0 Å². The lowest BCUT2D eigenvalue weighted by atomic mass is 10.2. The largest absolute Gasteiger partial charge is 0.461 e. The second kappa shape index (κ2) is 9.86. The van der Waals surface area contributed by atoms with Gasteiger partial charge in [0.1, 0.15) is 5.82 Å². The van der Waals surface area contributed by atoms with Gasteiger partial charge in [0.2, 0.25) is 5.76 Å². The highest BCUT2D eigenvalue weighted by atomic mass is 32.2. The van der Waals surface area contributed by atoms with Gasteiger partial charge < -0.3 is 19.6 Å². The third kappa shape index (κ3) is 4.93. The summed E-state index contributed by atoms with van der Waals surface area (Å²) in [4.78, 5) is 21.7. The summed E-state index contributed by atoms with van der Waals surface area (Å²) in [5, 5.41) is 16.1. The first-order chi connectivity index (χ1) is 15.5. The van der Waals surface area contributed by atoms with Gasteiger partial charge in [-0.3, -0.25) is 4.79 Å². The standard InChI is InChI=1S/C21H25N7O3S/c1-4-32-21-25-18(23-11-13(2)3)14-12-24-28(19(14)26-21)8-7-22-20(29)15-10-17(31-27-15)16-6-5-9-30-16/h5-6,9-10,12-13H,4,7-8,11H2,1-3H3,(H,22,29)(H,23,25,26). The molecule has 0 aromatic carbocycles. The maximum atomic E-state index is 12.4. The summed E-state index contributed by atoms with van der Waals surface area (Å²) >= 11 is 1.58. The third-order valence-corrected chi connectivity index (χ3v) is 5.27. The van der Waals surface area contributed by atoms with Crippen molar-refractivity contribution >= 4 is 34.5 Å². The first kappa shape index (κ1) is 21.9. The Hall–Kier alpha value is -3.34. The zero-order valence-electron chi connectivity index (χ0n) is 18.2. The van der Waals surface area contributed by atoms with Crippen LogP contribution in [0.25, 0.3) is 22.6 Å². The number of rotatable bonds is 10. The predicted molar refractivity (Wildman–Crippen MR) is 122 cm³/mol. The van der Waals surface area contributed by atoms with E-state index in [1.165, 1.54) is 6.26 Å². The number of furan rings is 1. The van der Waals surface area contributed by atoms with E-state index in [0.717, 1.165) is 29.1 Å². The van der Waals surface area contributed by atoms with Crippen molar-refractivity contribution in [2.24, 2.45) is 5.92 Å². The van der Waals surface area contributed by atoms with E-state index in [4.69, 9.17) is 8.94 Å². The normalized spacial score (nSPS) is 11.4. The number of nitrogens with zero attached hydrogens (tertiary/aromatic N) is 5. The van der Waals surface area contributed by atoms with Crippen LogP contribution in [0.3, 0.4) is 0 Å². The van der Waals surface area contributed by atoms with Crippen LogP contribution in [0.5, 0.6) is 0 Å². The molecule has 0 atom stereocenters. The summed E-state index contributed by atoms with van der Waals surface area (Å²) < 4.78 is 12.2. The van der Waals surface area contributed by atoms with Gasteiger partial charge in [-0.15, -0.1) is 0 Å². The molecule has 11 heteroatoms. The molecule has 0 aliphatic rings. The van der Waals surface area contributed by atoms with Gasteiger partial charge in [-0.25, -0.2) is 14.6 Å². The number of amides is 1. The molecule has 1 amide bonds. The van der Waals surface area contributed by atoms with Crippen molar-refractivity contribution in [2.75, 3.05) is 24.2 Å². The van der Waals surface area contributed by atoms with E-state index in [-0.39, 0.29) is 11.6 Å². The minimum Gasteiger partial charge on any atom is -0.461 e. The topological polar surface area (TPSA) is 124 Å². The van der Waals surface area contributed by atoms with Crippen LogP contribution in [-0.2, 0) is 6.54 Å². The molecule has 0 radical (unpaired) electrons. The Bertz CT molecular complexity index is 1180. The molecule has 4 rings (SSSR count). The van der Waals surface area contributed by atoms with Gasteiger partial charge in [-0.1, -0.05) is 37.7 Å². The second-order valence-corrected chi connectivity index (χ2v) is 8.71. The van der Waals surface area contributed by atoms with Gasteiger partial charge in [0, 0.05) is 19.2 Å². The summed E-state index contributed by atoms with van der Waals surface area (Å²) in [7, 11) is 0. The maximum Gasteiger partial charge on any atom is 0.273 e. The molecule has 4 aromatic rings. The number of hydrogen-bond donors (Lipinski definition) is 2. The van der Waals surface area contributed by atoms with Crippen LogP contribution in [0.1, 0.15) is 31.3 Å². The fourth-order valence-electron chi connectivity index (χ4n) is 3.01. The van der Waals surface area contributed by atoms with Gasteiger partial charge in [0.15, 0.2) is 22.3 Å². The van der Waals surface area contributed by atoms with E-state index in [9.17, 15) is 4.79 Å². The Labute approximate surface area is 189 Å². The number of carbonyl (C=O) groups is 1. The van der Waals surface area contributed by atoms with Crippen LogP contribution < -0.4 is 10.6 Å². The van der Waals surface area contributed by atoms with Gasteiger partial charge >= 0.3 is 0 Å². The van der Waals surface area contributed by atoms with Gasteiger partial charge in [0.25, 0.3) is 5.91 Å². The molecular formula is C21H25N7O3S. The highest BCUT2D eigenvalue weighted by molar-refractivity contribution is 7.99. The van der Waals surface area contributed by atoms with Crippen LogP contribution in [-0.4, -0.2) is 49.7 Å². The molecule has 0 saturated heterocycles. The molecule has 32 heavy (non-hydrogen) atoms. The minimum absolute atomic E-state index is 0.186. The number of carbonyl (C=O) groups excluding carboxylic acids is 1. The van der Waals surface area contributed by atoms with E-state index >= 15 is 0 Å². The molecule has 10 nitrogen and oxygen atoms in total. The van der Waals surface area contributed by atoms with Gasteiger partial charge in [-0.05, 0) is 23.8 Å². The molecule has 2 N–H and O–H groups in total. The zero-order valence-corrected chi connectivity index (χ0v) is 19.0. The fourth-order valence-corrected chi connectivity index (χ4v) is 3.58. The van der Waals surface area contributed by atoms with Crippen LogP contribution in [0.4, 0.5) is 5.82 Å². The maximum absolute atomic E-state index is 12.4. The Balaban J connectivity index is 1.44. The molecule has 0 aliphatic heterocycles. The molecule has 0 aliphatic carbocycles. The average Bonchev–Trinajstić information content (AvgIpc) is 3.52. The number of thioether (sulfide) groups is 1. The number of fused-ring (bicyclic) bond motifs is 1. The van der Waals surface area contributed by atoms with Crippen molar-refractivity contribution in [2.45, 2.75) is 32.5 Å². The van der Waals surface area contributed by atoms with Crippen molar-refractivity contribution in [3.05, 3.63) is 36.4 Å². The molecular weight excluding hydrogens is 430 g/mol. The molecule has 0 saturated carbocycles. The van der Waals surface area contributed by atoms with Crippen LogP contribution in [0.2, 0.25) is 0 Å². The number of nitrogens with one attached hydrogen (secondary N) is 2. The van der Waals surface area contributed by atoms with E-state index in [2.05, 4.69) is 51.6 Å². The van der Waals surface area contributed by atoms with Crippen LogP contribution >= 0.6 is 11.8 Å². The SMILES string of the molecule is CCSc1nc(NCC(C)C)c2cnn(CCNC(=O)c3cc(-c4ccco4)on3)c2n1. The van der Waals surface area contributed by atoms with E-state index in [0.29, 0.717) is 35.7 Å². The summed E-state index contributed by atoms with van der Waals surface area (Å²) in [5.74, 6) is 2.72. The quantitative estimate of drug-likeness (QED) is 0.272. The summed E-state index contributed by atoms with van der Waals surface area (Å²) in [5.41, 5.74) is 0.920. The van der Waals surface area contributed by atoms with Gasteiger partial charge in [0.05, 0.1) is 24.4 Å². The summed E-state index contributed by atoms with van der Waals surface area (Å²) in [6.07, 6.45) is 3.29. The number of hydrogen-bond acceptors (Lipinski definition) is 9. The average molecular weight is 456 g/mol. The molecule has 4 heterocycles. The second-order valence-electron chi connectivity index (χ2n) is 7.48. The van der Waals surface area contributed by atoms with Crippen molar-refractivity contribution in [3.8, 4) is 11.5 Å². The third-order valence-electron chi connectivity index (χ3n) is 4.54. The molecule has 0 fully saturated rings. The summed E-state index contributed by atoms with van der Waals surface area (Å²) in [6.45, 7) is 7.97. The lowest BCUT2D eigenvalue weighted by Gasteiger charge is -2.11. The molecule has 0 unspecified atom stereocenters. The van der Waals surface area contributed by atoms with Crippen LogP contribution in [0, 0.1) is 5.92 Å². The van der Waals surface area contributed by atoms with Crippen LogP contribution in [0.15, 0.2) is 44.8 Å². The first-order valence-electron chi connectivity index (χ1n) is 10.4. The highest BCUT2D eigenvalue weighted by Gasteiger charge is 2.16. The van der Waals surface area contributed by atoms with Gasteiger partial charge in [-0.2, -0.15) is 5.10 Å². The number of anilines is 1. The Kier molecular flexibility index (Phi) is 6.74. The molecule has 168 valence electrons. The Morgan fingerprint density at radius 1 is 1.28 bits per heavy atom. The molecule has 4 aromatic heterocycles. The minimum atomic E-state index is -0.334. The lowest BCUT2D eigenvalue weighted by molar-refractivity contribution is 0.0943. The van der Waals surface area contributed by atoms with E-state index in [1.807, 2.05) is 0 Å². The Morgan fingerprint density at radius 3 is 2.91 bits per heavy atom. The monoisotopic (exact) mass is 455 g/mol. The zero-order chi connectivity index (χ0) is 22.5. The smallest absolute Gasteiger partial charge is 0.273 e. The summed E-state index contributed by atoms with van der Waals surface area (Å²) in [6, 6.07) is 5.03. The predicted octanol–water partition coefficient (Wildman–Crippen LogP) is 3.68. The van der Waals surface area contributed by atoms with Crippen molar-refractivity contribution < 1.29 is 13.7 Å². The van der Waals surface area contributed by atoms with E-state index < -0.39 is 0 Å². The van der Waals surface area contributed by atoms with E-state index in [1.54, 1.807) is 40.8 Å². The number of aromatic nitrogens is 5. The fraction of sp³-hybridized carbons (Fsp3) is 0.381. The Morgan fingerprint density at radius 2 is 2.16 bits per heavy atom. The highest BCUT2D eigenvalue weighted by Crippen LogP contribution is 2.24. The molecule has 0 bridgehead atoms. The molecule has 0 spiro atoms. The van der Waals surface area contributed by atoms with Crippen molar-refractivity contribution in [3.63, 3.8) is 0 Å². The first-order valence-corrected chi connectivity index (χ1v) is 11.4.